The van der Waals surface area contributed by atoms with Gasteiger partial charge in [0.05, 0.1) is 18.9 Å². The van der Waals surface area contributed by atoms with Crippen molar-refractivity contribution >= 4 is 0 Å². The van der Waals surface area contributed by atoms with Gasteiger partial charge in [0.15, 0.2) is 0 Å². The van der Waals surface area contributed by atoms with Crippen LogP contribution in [0.4, 0.5) is 0 Å². The molecule has 0 unspecified atom stereocenters. The van der Waals surface area contributed by atoms with Gasteiger partial charge in [-0.2, -0.15) is 5.10 Å². The molecule has 2 aromatic rings. The summed E-state index contributed by atoms with van der Waals surface area (Å²) >= 11 is 0. The minimum atomic E-state index is -0.385. The highest BCUT2D eigenvalue weighted by molar-refractivity contribution is 5.28. The Balaban J connectivity index is 1.83. The molecule has 0 amide bonds. The fourth-order valence-electron chi connectivity index (χ4n) is 1.91. The minimum Gasteiger partial charge on any atom is -0.493 e. The van der Waals surface area contributed by atoms with Gasteiger partial charge in [0.1, 0.15) is 5.75 Å². The second-order valence-corrected chi connectivity index (χ2v) is 4.61. The molecule has 0 saturated carbocycles. The van der Waals surface area contributed by atoms with E-state index in [1.54, 1.807) is 4.68 Å². The smallest absolute Gasteiger partial charge is 0.119 e. The molecule has 0 saturated heterocycles. The van der Waals surface area contributed by atoms with E-state index in [0.717, 1.165) is 24.2 Å². The van der Waals surface area contributed by atoms with Crippen LogP contribution in [0.25, 0.3) is 0 Å². The fraction of sp³-hybridized carbons (Fsp3) is 0.400. The summed E-state index contributed by atoms with van der Waals surface area (Å²) in [5, 5.41) is 13.8. The number of aromatic nitrogens is 2. The van der Waals surface area contributed by atoms with Crippen LogP contribution in [0.15, 0.2) is 36.7 Å². The van der Waals surface area contributed by atoms with Gasteiger partial charge in [-0.3, -0.25) is 4.68 Å². The summed E-state index contributed by atoms with van der Waals surface area (Å²) in [6.45, 7) is 2.59. The van der Waals surface area contributed by atoms with Crippen LogP contribution in [0.2, 0.25) is 0 Å². The van der Waals surface area contributed by atoms with Gasteiger partial charge in [-0.1, -0.05) is 19.1 Å². The summed E-state index contributed by atoms with van der Waals surface area (Å²) in [4.78, 5) is 0. The summed E-state index contributed by atoms with van der Waals surface area (Å²) in [6, 6.07) is 7.62. The average Bonchev–Trinajstić information content (AvgIpc) is 2.84. The molecule has 1 aromatic heterocycles. The lowest BCUT2D eigenvalue weighted by Gasteiger charge is -2.09. The number of hydrogen-bond acceptors (Lipinski definition) is 3. The average molecular weight is 260 g/mol. The quantitative estimate of drug-likeness (QED) is 0.868. The predicted octanol–water partition coefficient (Wildman–Crippen LogP) is 2.49. The number of aryl methyl sites for hydroxylation is 1. The first-order valence-corrected chi connectivity index (χ1v) is 6.57. The van der Waals surface area contributed by atoms with Crippen LogP contribution in [0.5, 0.6) is 5.75 Å². The number of nitrogens with zero attached hydrogens (tertiary/aromatic N) is 2. The minimum absolute atomic E-state index is 0.385. The van der Waals surface area contributed by atoms with E-state index in [1.807, 2.05) is 50.6 Å². The molecule has 102 valence electrons. The highest BCUT2D eigenvalue weighted by Gasteiger charge is 2.04. The number of aliphatic hydroxyl groups is 1. The van der Waals surface area contributed by atoms with Crippen molar-refractivity contribution in [1.29, 1.82) is 0 Å². The molecule has 4 nitrogen and oxygen atoms in total. The van der Waals surface area contributed by atoms with Crippen LogP contribution in [0.3, 0.4) is 0 Å². The number of rotatable bonds is 6. The molecular formula is C15H20N2O2. The van der Waals surface area contributed by atoms with E-state index in [0.29, 0.717) is 6.61 Å². The van der Waals surface area contributed by atoms with Crippen molar-refractivity contribution in [2.75, 3.05) is 6.61 Å². The van der Waals surface area contributed by atoms with Crippen LogP contribution >= 0.6 is 0 Å². The zero-order chi connectivity index (χ0) is 13.7. The van der Waals surface area contributed by atoms with Gasteiger partial charge in [0.25, 0.3) is 0 Å². The summed E-state index contributed by atoms with van der Waals surface area (Å²) in [5.74, 6) is 0.830. The number of aliphatic hydroxyl groups excluding tert-OH is 1. The molecule has 0 aliphatic rings. The lowest BCUT2D eigenvalue weighted by atomic mass is 10.1. The van der Waals surface area contributed by atoms with Crippen molar-refractivity contribution in [1.82, 2.24) is 9.78 Å². The molecule has 0 bridgehead atoms. The van der Waals surface area contributed by atoms with Crippen LogP contribution in [0.1, 0.15) is 30.6 Å². The van der Waals surface area contributed by atoms with E-state index in [2.05, 4.69) is 5.10 Å². The Morgan fingerprint density at radius 3 is 2.63 bits per heavy atom. The second kappa shape index (κ2) is 6.38. The van der Waals surface area contributed by atoms with Gasteiger partial charge in [0.2, 0.25) is 0 Å². The van der Waals surface area contributed by atoms with Crippen LogP contribution in [-0.4, -0.2) is 21.5 Å². The van der Waals surface area contributed by atoms with E-state index in [1.165, 1.54) is 5.56 Å². The van der Waals surface area contributed by atoms with E-state index < -0.39 is 0 Å². The monoisotopic (exact) mass is 260 g/mol. The Labute approximate surface area is 113 Å². The predicted molar refractivity (Wildman–Crippen MR) is 74.1 cm³/mol. The molecule has 0 aliphatic carbocycles. The maximum atomic E-state index is 9.70. The van der Waals surface area contributed by atoms with E-state index >= 15 is 0 Å². The van der Waals surface area contributed by atoms with Crippen molar-refractivity contribution in [3.05, 3.63) is 47.8 Å². The lowest BCUT2D eigenvalue weighted by molar-refractivity contribution is 0.173. The number of ether oxygens (including phenoxy) is 1. The zero-order valence-electron chi connectivity index (χ0n) is 11.4. The van der Waals surface area contributed by atoms with Crippen molar-refractivity contribution < 1.29 is 9.84 Å². The van der Waals surface area contributed by atoms with E-state index in [4.69, 9.17) is 4.74 Å². The topological polar surface area (TPSA) is 47.3 Å². The summed E-state index contributed by atoms with van der Waals surface area (Å²) < 4.78 is 7.46. The summed E-state index contributed by atoms with van der Waals surface area (Å²) in [7, 11) is 1.90. The van der Waals surface area contributed by atoms with Gasteiger partial charge in [-0.05, 0) is 29.7 Å². The third kappa shape index (κ3) is 3.83. The summed E-state index contributed by atoms with van der Waals surface area (Å²) in [6.07, 6.45) is 5.02. The Morgan fingerprint density at radius 1 is 1.32 bits per heavy atom. The normalized spacial score (nSPS) is 12.4. The molecule has 0 fully saturated rings. The standard InChI is InChI=1S/C15H20N2O2/c1-3-15(18)13-4-6-14(7-5-13)19-9-8-12-10-16-17(2)11-12/h4-7,10-11,15,18H,3,8-9H2,1-2H3/t15-/m0/s1. The van der Waals surface area contributed by atoms with Crippen LogP contribution < -0.4 is 4.74 Å². The van der Waals surface area contributed by atoms with Gasteiger partial charge in [-0.25, -0.2) is 0 Å². The number of benzene rings is 1. The summed E-state index contributed by atoms with van der Waals surface area (Å²) in [5.41, 5.74) is 2.10. The first kappa shape index (κ1) is 13.6. The SMILES string of the molecule is CC[C@H](O)c1ccc(OCCc2cnn(C)c2)cc1. The van der Waals surface area contributed by atoms with E-state index in [-0.39, 0.29) is 6.10 Å². The molecular weight excluding hydrogens is 240 g/mol. The number of hydrogen-bond donors (Lipinski definition) is 1. The van der Waals surface area contributed by atoms with Crippen LogP contribution in [-0.2, 0) is 13.5 Å². The molecule has 1 atom stereocenters. The molecule has 0 spiro atoms. The second-order valence-electron chi connectivity index (χ2n) is 4.61. The lowest BCUT2D eigenvalue weighted by Crippen LogP contribution is -2.01. The molecule has 1 heterocycles. The molecule has 2 rings (SSSR count). The first-order valence-electron chi connectivity index (χ1n) is 6.57. The van der Waals surface area contributed by atoms with E-state index in [9.17, 15) is 5.11 Å². The third-order valence-electron chi connectivity index (χ3n) is 3.07. The molecule has 0 radical (unpaired) electrons. The Morgan fingerprint density at radius 2 is 2.05 bits per heavy atom. The van der Waals surface area contributed by atoms with Crippen LogP contribution in [0, 0.1) is 0 Å². The molecule has 4 heteroatoms. The van der Waals surface area contributed by atoms with Crippen molar-refractivity contribution in [2.24, 2.45) is 7.05 Å². The zero-order valence-corrected chi connectivity index (χ0v) is 11.4. The van der Waals surface area contributed by atoms with Crippen molar-refractivity contribution in [3.63, 3.8) is 0 Å². The first-order chi connectivity index (χ1) is 9.19. The van der Waals surface area contributed by atoms with Crippen molar-refractivity contribution in [3.8, 4) is 5.75 Å². The maximum absolute atomic E-state index is 9.70. The Bertz CT molecular complexity index is 505. The van der Waals surface area contributed by atoms with Gasteiger partial charge < -0.3 is 9.84 Å². The Hall–Kier alpha value is -1.81. The molecule has 19 heavy (non-hydrogen) atoms. The fourth-order valence-corrected chi connectivity index (χ4v) is 1.91. The van der Waals surface area contributed by atoms with Gasteiger partial charge in [-0.15, -0.1) is 0 Å². The third-order valence-corrected chi connectivity index (χ3v) is 3.07. The van der Waals surface area contributed by atoms with Gasteiger partial charge >= 0.3 is 0 Å². The largest absolute Gasteiger partial charge is 0.493 e. The van der Waals surface area contributed by atoms with Crippen molar-refractivity contribution in [2.45, 2.75) is 25.9 Å². The molecule has 1 aromatic carbocycles. The molecule has 1 N–H and O–H groups in total. The maximum Gasteiger partial charge on any atom is 0.119 e. The molecule has 0 aliphatic heterocycles. The highest BCUT2D eigenvalue weighted by Crippen LogP contribution is 2.19. The Kier molecular flexibility index (Phi) is 4.58. The highest BCUT2D eigenvalue weighted by atomic mass is 16.5. The van der Waals surface area contributed by atoms with Gasteiger partial charge in [0, 0.05) is 19.7 Å².